The average molecular weight is 878 g/mol. The van der Waals surface area contributed by atoms with E-state index >= 15 is 0 Å². The van der Waals surface area contributed by atoms with Gasteiger partial charge in [-0.3, -0.25) is 0 Å². The van der Waals surface area contributed by atoms with Crippen molar-refractivity contribution in [2.24, 2.45) is 0 Å². The molecule has 4 aromatic rings. The van der Waals surface area contributed by atoms with Gasteiger partial charge in [0.1, 0.15) is 21.0 Å². The van der Waals surface area contributed by atoms with Gasteiger partial charge in [-0.25, -0.2) is 19.9 Å². The van der Waals surface area contributed by atoms with Crippen molar-refractivity contribution in [1.29, 1.82) is 0 Å². The van der Waals surface area contributed by atoms with Crippen molar-refractivity contribution < 1.29 is 0 Å². The van der Waals surface area contributed by atoms with Crippen molar-refractivity contribution in [3.8, 4) is 0 Å². The maximum Gasteiger partial charge on any atom is 0.158 e. The fourth-order valence-corrected chi connectivity index (χ4v) is 10.0. The number of nitrogen functional groups attached to an aromatic ring is 4. The third-order valence-electron chi connectivity index (χ3n) is 9.56. The Morgan fingerprint density at radius 1 is 0.667 bits per heavy atom. The van der Waals surface area contributed by atoms with Crippen molar-refractivity contribution in [3.05, 3.63) is 64.0 Å². The summed E-state index contributed by atoms with van der Waals surface area (Å²) in [6.07, 6.45) is 7.68. The third-order valence-corrected chi connectivity index (χ3v) is 12.9. The maximum atomic E-state index is 6.28. The molecule has 0 unspecified atom stereocenters. The molecule has 2 saturated heterocycles. The van der Waals surface area contributed by atoms with Crippen LogP contribution in [-0.2, 0) is 0 Å². The maximum absolute atomic E-state index is 6.28. The monoisotopic (exact) mass is 876 g/mol. The van der Waals surface area contributed by atoms with Gasteiger partial charge in [-0.15, -0.1) is 0 Å². The largest absolute Gasteiger partial charge is 0.397 e. The van der Waals surface area contributed by atoms with Crippen LogP contribution in [-0.4, -0.2) is 68.3 Å². The van der Waals surface area contributed by atoms with Gasteiger partial charge in [0.25, 0.3) is 0 Å². The molecule has 12 nitrogen and oxygen atoms in total. The van der Waals surface area contributed by atoms with E-state index in [4.69, 9.17) is 57.7 Å². The number of piperidine rings is 2. The third kappa shape index (κ3) is 13.5. The van der Waals surface area contributed by atoms with E-state index in [9.17, 15) is 0 Å². The highest BCUT2D eigenvalue weighted by Crippen LogP contribution is 2.39. The number of halogens is 3. The molecule has 2 aliphatic heterocycles. The van der Waals surface area contributed by atoms with Crippen molar-refractivity contribution in [2.75, 3.05) is 41.9 Å². The number of hydrogen-bond donors (Lipinski definition) is 7. The lowest BCUT2D eigenvalue weighted by atomic mass is 9.79. The molecule has 2 aromatic carbocycles. The van der Waals surface area contributed by atoms with Crippen LogP contribution >= 0.6 is 58.3 Å². The Balaban J connectivity index is 0.000000210. The van der Waals surface area contributed by atoms with E-state index < -0.39 is 0 Å². The predicted octanol–water partition coefficient (Wildman–Crippen LogP) is 8.81. The van der Waals surface area contributed by atoms with Crippen LogP contribution in [0, 0.1) is 0 Å². The highest BCUT2D eigenvalue weighted by atomic mass is 35.5. The van der Waals surface area contributed by atoms with Crippen LogP contribution in [0.4, 0.5) is 28.8 Å². The van der Waals surface area contributed by atoms with E-state index in [2.05, 4.69) is 110 Å². The molecule has 11 N–H and O–H groups in total. The lowest BCUT2D eigenvalue weighted by Crippen LogP contribution is -2.62. The summed E-state index contributed by atoms with van der Waals surface area (Å²) in [6, 6.07) is 11.9. The number of rotatable bonds is 7. The zero-order valence-electron chi connectivity index (χ0n) is 34.6. The molecule has 0 radical (unpaired) electrons. The van der Waals surface area contributed by atoms with E-state index in [1.54, 1.807) is 18.3 Å². The smallest absolute Gasteiger partial charge is 0.158 e. The first-order chi connectivity index (χ1) is 26.4. The SMILES string of the molecule is CN(c1cnc(Sc2cccc(N)c2Cl)c(N)n1)C1CC(C)(C)NC(C)(C)C1.CNC1CC(C)(C)NC(C)(C)C1.Nc1cccc(Sc2ncc(Cl)nc2N)c1Cl. The Kier molecular flexibility index (Phi) is 15.6. The Hall–Kier alpha value is -2.95. The fraction of sp³-hybridized carbons (Fsp3) is 0.500. The second-order valence-electron chi connectivity index (χ2n) is 17.2. The topological polar surface area (TPSA) is 195 Å². The average Bonchev–Trinajstić information content (AvgIpc) is 3.08. The van der Waals surface area contributed by atoms with Crippen molar-refractivity contribution >= 4 is 87.2 Å². The standard InChI is InChI=1S/C20H29ClN6S.C10H8Cl2N4S.C10H22N2/c1-19(2)9-12(10-20(3,4)26-19)27(5)15-11-24-18(17(23)25-15)28-14-8-6-7-13(22)16(14)21;11-7-4-15-10(9(14)16-7)17-6-3-1-2-5(13)8(6)12;1-9(2)6-8(11-5)7-10(3,4)12-9/h6-8,11-12,26H,9-10,22H2,1-5H3,(H2,23,25);1-4H,13H2,(H2,14,16);8,11-12H,6-7H2,1-5H3. The van der Waals surface area contributed by atoms with E-state index in [0.717, 1.165) is 28.5 Å². The van der Waals surface area contributed by atoms with Crippen LogP contribution in [0.3, 0.4) is 0 Å². The second-order valence-corrected chi connectivity index (χ2v) is 20.4. The lowest BCUT2D eigenvalue weighted by Gasteiger charge is -2.49. The summed E-state index contributed by atoms with van der Waals surface area (Å²) in [7, 11) is 4.12. The van der Waals surface area contributed by atoms with Crippen LogP contribution < -0.4 is 43.8 Å². The molecule has 0 spiro atoms. The minimum atomic E-state index is 0.0550. The molecule has 312 valence electrons. The Labute approximate surface area is 362 Å². The van der Waals surface area contributed by atoms with Gasteiger partial charge in [-0.05, 0) is 112 Å². The first-order valence-corrected chi connectivity index (χ1v) is 21.5. The van der Waals surface area contributed by atoms with Crippen molar-refractivity contribution in [1.82, 2.24) is 35.9 Å². The molecule has 0 aliphatic carbocycles. The molecule has 2 aliphatic rings. The normalized spacial score (nSPS) is 18.4. The summed E-state index contributed by atoms with van der Waals surface area (Å²) in [5.41, 5.74) is 25.2. The number of aromatic nitrogens is 4. The van der Waals surface area contributed by atoms with Gasteiger partial charge < -0.3 is 43.8 Å². The van der Waals surface area contributed by atoms with Crippen LogP contribution in [0.5, 0.6) is 0 Å². The number of nitrogens with two attached hydrogens (primary N) is 4. The molecule has 0 atom stereocenters. The number of nitrogens with one attached hydrogen (secondary N) is 3. The summed E-state index contributed by atoms with van der Waals surface area (Å²) < 4.78 is 0. The quantitative estimate of drug-likeness (QED) is 0.0871. The summed E-state index contributed by atoms with van der Waals surface area (Å²) in [4.78, 5) is 20.9. The summed E-state index contributed by atoms with van der Waals surface area (Å²) >= 11 is 20.7. The summed E-state index contributed by atoms with van der Waals surface area (Å²) in [5.74, 6) is 1.43. The number of hydrogen-bond acceptors (Lipinski definition) is 14. The summed E-state index contributed by atoms with van der Waals surface area (Å²) in [6.45, 7) is 18.1. The molecule has 57 heavy (non-hydrogen) atoms. The summed E-state index contributed by atoms with van der Waals surface area (Å²) in [5, 5.41) is 13.2. The molecule has 6 rings (SSSR count). The zero-order chi connectivity index (χ0) is 42.5. The van der Waals surface area contributed by atoms with E-state index in [0.29, 0.717) is 49.4 Å². The molecular weight excluding hydrogens is 819 g/mol. The molecule has 17 heteroatoms. The second kappa shape index (κ2) is 19.0. The number of anilines is 5. The molecule has 0 bridgehead atoms. The van der Waals surface area contributed by atoms with E-state index in [-0.39, 0.29) is 33.1 Å². The highest BCUT2D eigenvalue weighted by molar-refractivity contribution is 7.99. The molecule has 0 amide bonds. The Morgan fingerprint density at radius 2 is 1.09 bits per heavy atom. The van der Waals surface area contributed by atoms with E-state index in [1.165, 1.54) is 42.6 Å². The van der Waals surface area contributed by atoms with Crippen LogP contribution in [0.1, 0.15) is 81.1 Å². The van der Waals surface area contributed by atoms with Crippen molar-refractivity contribution in [3.63, 3.8) is 0 Å². The van der Waals surface area contributed by atoms with Crippen LogP contribution in [0.2, 0.25) is 15.2 Å². The first-order valence-electron chi connectivity index (χ1n) is 18.7. The van der Waals surface area contributed by atoms with Gasteiger partial charge >= 0.3 is 0 Å². The van der Waals surface area contributed by atoms with Gasteiger partial charge in [-0.1, -0.05) is 70.5 Å². The Morgan fingerprint density at radius 3 is 1.51 bits per heavy atom. The van der Waals surface area contributed by atoms with Gasteiger partial charge in [0.05, 0.1) is 33.8 Å². The molecule has 2 aromatic heterocycles. The highest BCUT2D eigenvalue weighted by Gasteiger charge is 2.40. The first kappa shape index (κ1) is 46.7. The fourth-order valence-electron chi connectivity index (χ4n) is 7.76. The minimum Gasteiger partial charge on any atom is -0.397 e. The van der Waals surface area contributed by atoms with E-state index in [1.807, 2.05) is 24.3 Å². The zero-order valence-corrected chi connectivity index (χ0v) is 38.5. The molecule has 0 saturated carbocycles. The molecule has 2 fully saturated rings. The number of benzene rings is 2. The predicted molar refractivity (Wildman–Crippen MR) is 244 cm³/mol. The molecule has 4 heterocycles. The van der Waals surface area contributed by atoms with Gasteiger partial charge in [-0.2, -0.15) is 0 Å². The van der Waals surface area contributed by atoms with Crippen molar-refractivity contribution in [2.45, 2.75) is 135 Å². The minimum absolute atomic E-state index is 0.0550. The molecular formula is C40H59Cl3N12S2. The van der Waals surface area contributed by atoms with Crippen LogP contribution in [0.25, 0.3) is 0 Å². The van der Waals surface area contributed by atoms with Crippen LogP contribution in [0.15, 0.2) is 68.6 Å². The Bertz CT molecular complexity index is 1960. The van der Waals surface area contributed by atoms with Gasteiger partial charge in [0.15, 0.2) is 11.6 Å². The number of nitrogens with zero attached hydrogens (tertiary/aromatic N) is 5. The van der Waals surface area contributed by atoms with Gasteiger partial charge in [0.2, 0.25) is 0 Å². The lowest BCUT2D eigenvalue weighted by molar-refractivity contribution is 0.150. The van der Waals surface area contributed by atoms with Gasteiger partial charge in [0, 0.05) is 51.1 Å².